The van der Waals surface area contributed by atoms with Crippen molar-refractivity contribution in [3.8, 4) is 16.9 Å². The number of ether oxygens (including phenoxy) is 1. The second-order valence-electron chi connectivity index (χ2n) is 7.81. The molecule has 2 aromatic rings. The number of halogens is 3. The van der Waals surface area contributed by atoms with Crippen molar-refractivity contribution in [2.24, 2.45) is 0 Å². The Morgan fingerprint density at radius 2 is 1.93 bits per heavy atom. The van der Waals surface area contributed by atoms with E-state index < -0.39 is 11.7 Å². The molecule has 0 amide bonds. The van der Waals surface area contributed by atoms with E-state index in [1.54, 1.807) is 19.9 Å². The van der Waals surface area contributed by atoms with Gasteiger partial charge in [-0.15, -0.1) is 0 Å². The van der Waals surface area contributed by atoms with E-state index in [0.717, 1.165) is 49.8 Å². The number of alkyl halides is 3. The number of fused-ring (bicyclic) bond motifs is 3. The molecule has 6 heteroatoms. The van der Waals surface area contributed by atoms with Gasteiger partial charge in [0.2, 0.25) is 0 Å². The van der Waals surface area contributed by atoms with Gasteiger partial charge in [0.25, 0.3) is 0 Å². The third-order valence-electron chi connectivity index (χ3n) is 5.45. The highest BCUT2D eigenvalue weighted by Crippen LogP contribution is 2.42. The third-order valence-corrected chi connectivity index (χ3v) is 5.45. The molecule has 1 fully saturated rings. The van der Waals surface area contributed by atoms with Gasteiger partial charge in [-0.1, -0.05) is 12.1 Å². The Kier molecular flexibility index (Phi) is 5.00. The molecule has 2 aliphatic rings. The molecule has 0 bridgehead atoms. The molecule has 0 saturated carbocycles. The quantitative estimate of drug-likeness (QED) is 0.808. The van der Waals surface area contributed by atoms with Gasteiger partial charge in [-0.25, -0.2) is 0 Å². The summed E-state index contributed by atoms with van der Waals surface area (Å²) in [6.45, 7) is 6.46. The highest BCUT2D eigenvalue weighted by molar-refractivity contribution is 5.74. The zero-order valence-corrected chi connectivity index (χ0v) is 16.1. The summed E-state index contributed by atoms with van der Waals surface area (Å²) in [7, 11) is 0. The molecule has 150 valence electrons. The minimum absolute atomic E-state index is 0.178. The Morgan fingerprint density at radius 3 is 2.68 bits per heavy atom. The van der Waals surface area contributed by atoms with Crippen LogP contribution >= 0.6 is 0 Å². The van der Waals surface area contributed by atoms with E-state index in [9.17, 15) is 13.2 Å². The molecule has 28 heavy (non-hydrogen) atoms. The first-order valence-electron chi connectivity index (χ1n) is 9.81. The minimum atomic E-state index is -4.44. The number of anilines is 1. The van der Waals surface area contributed by atoms with Crippen molar-refractivity contribution in [3.63, 3.8) is 0 Å². The fraction of sp³-hybridized carbons (Fsp3) is 0.455. The maximum atomic E-state index is 13.7. The molecule has 1 unspecified atom stereocenters. The summed E-state index contributed by atoms with van der Waals surface area (Å²) < 4.78 is 46.7. The Bertz CT molecular complexity index is 863. The van der Waals surface area contributed by atoms with Crippen molar-refractivity contribution in [2.75, 3.05) is 24.5 Å². The number of hydrogen-bond donors (Lipinski definition) is 1. The molecule has 0 aliphatic carbocycles. The van der Waals surface area contributed by atoms with Gasteiger partial charge in [-0.05, 0) is 74.2 Å². The molecule has 0 spiro atoms. The van der Waals surface area contributed by atoms with Gasteiger partial charge in [-0.2, -0.15) is 13.2 Å². The maximum Gasteiger partial charge on any atom is 0.417 e. The molecule has 2 aliphatic heterocycles. The zero-order chi connectivity index (χ0) is 19.9. The van der Waals surface area contributed by atoms with E-state index in [1.165, 1.54) is 6.07 Å². The van der Waals surface area contributed by atoms with Gasteiger partial charge in [0.15, 0.2) is 0 Å². The van der Waals surface area contributed by atoms with Crippen LogP contribution in [0.1, 0.15) is 31.4 Å². The Labute approximate surface area is 163 Å². The number of nitrogens with one attached hydrogen (secondary N) is 1. The molecule has 1 atom stereocenters. The zero-order valence-electron chi connectivity index (χ0n) is 16.1. The standard InChI is InChI=1S/C22H25F3N2O/c1-14(2)28-18-4-5-19(20(13-18)22(23,24)25)15-3-6-21-16(11-15)12-17-7-8-26-9-10-27(17)21/h3-6,11,13-14,17,26H,7-10,12H2,1-2H3. The van der Waals surface area contributed by atoms with E-state index in [-0.39, 0.29) is 17.4 Å². The summed E-state index contributed by atoms with van der Waals surface area (Å²) in [4.78, 5) is 2.39. The van der Waals surface area contributed by atoms with E-state index in [2.05, 4.69) is 10.2 Å². The first-order valence-corrected chi connectivity index (χ1v) is 9.81. The predicted molar refractivity (Wildman–Crippen MR) is 105 cm³/mol. The van der Waals surface area contributed by atoms with Crippen LogP contribution in [0.5, 0.6) is 5.75 Å². The Balaban J connectivity index is 1.72. The highest BCUT2D eigenvalue weighted by atomic mass is 19.4. The van der Waals surface area contributed by atoms with Crippen LogP contribution in [0.4, 0.5) is 18.9 Å². The molecule has 1 saturated heterocycles. The van der Waals surface area contributed by atoms with Crippen LogP contribution in [0.2, 0.25) is 0 Å². The average Bonchev–Trinajstić information content (AvgIpc) is 2.80. The second kappa shape index (κ2) is 7.32. The summed E-state index contributed by atoms with van der Waals surface area (Å²) in [5.74, 6) is 0.244. The van der Waals surface area contributed by atoms with Crippen molar-refractivity contribution >= 4 is 5.69 Å². The van der Waals surface area contributed by atoms with Crippen molar-refractivity contribution in [2.45, 2.75) is 45.0 Å². The summed E-state index contributed by atoms with van der Waals surface area (Å²) in [5.41, 5.74) is 2.46. The minimum Gasteiger partial charge on any atom is -0.491 e. The van der Waals surface area contributed by atoms with E-state index in [0.29, 0.717) is 11.6 Å². The SMILES string of the molecule is CC(C)Oc1ccc(-c2ccc3c(c2)CC2CCNCCN32)c(C(F)(F)F)c1. The molecular formula is C22H25F3N2O. The van der Waals surface area contributed by atoms with Crippen LogP contribution in [-0.4, -0.2) is 31.8 Å². The Hall–Kier alpha value is -2.21. The largest absolute Gasteiger partial charge is 0.491 e. The van der Waals surface area contributed by atoms with Gasteiger partial charge in [0.05, 0.1) is 11.7 Å². The normalized spacial score (nSPS) is 19.4. The molecule has 2 aromatic carbocycles. The number of hydrogen-bond acceptors (Lipinski definition) is 3. The van der Waals surface area contributed by atoms with Crippen LogP contribution in [0.25, 0.3) is 11.1 Å². The van der Waals surface area contributed by atoms with Gasteiger partial charge >= 0.3 is 6.18 Å². The predicted octanol–water partition coefficient (Wildman–Crippen LogP) is 4.88. The topological polar surface area (TPSA) is 24.5 Å². The fourth-order valence-electron chi connectivity index (χ4n) is 4.27. The Morgan fingerprint density at radius 1 is 1.11 bits per heavy atom. The molecule has 0 radical (unpaired) electrons. The second-order valence-corrected chi connectivity index (χ2v) is 7.81. The lowest BCUT2D eigenvalue weighted by atomic mass is 9.96. The van der Waals surface area contributed by atoms with Crippen LogP contribution < -0.4 is 15.0 Å². The lowest BCUT2D eigenvalue weighted by Gasteiger charge is -2.24. The van der Waals surface area contributed by atoms with Gasteiger partial charge in [0, 0.05) is 24.8 Å². The number of benzene rings is 2. The van der Waals surface area contributed by atoms with Crippen molar-refractivity contribution in [1.82, 2.24) is 5.32 Å². The van der Waals surface area contributed by atoms with Gasteiger partial charge < -0.3 is 15.0 Å². The first kappa shape index (κ1) is 19.1. The summed E-state index contributed by atoms with van der Waals surface area (Å²) in [6.07, 6.45) is -2.67. The lowest BCUT2D eigenvalue weighted by Crippen LogP contribution is -2.32. The number of rotatable bonds is 3. The molecule has 3 nitrogen and oxygen atoms in total. The smallest absolute Gasteiger partial charge is 0.417 e. The highest BCUT2D eigenvalue weighted by Gasteiger charge is 2.35. The monoisotopic (exact) mass is 390 g/mol. The summed E-state index contributed by atoms with van der Waals surface area (Å²) in [5, 5.41) is 3.41. The van der Waals surface area contributed by atoms with Crippen molar-refractivity contribution in [3.05, 3.63) is 47.5 Å². The van der Waals surface area contributed by atoms with E-state index in [4.69, 9.17) is 4.74 Å². The van der Waals surface area contributed by atoms with E-state index in [1.807, 2.05) is 18.2 Å². The van der Waals surface area contributed by atoms with Crippen LogP contribution in [0.15, 0.2) is 36.4 Å². The average molecular weight is 390 g/mol. The first-order chi connectivity index (χ1) is 13.3. The van der Waals surface area contributed by atoms with Crippen LogP contribution in [0.3, 0.4) is 0 Å². The summed E-state index contributed by atoms with van der Waals surface area (Å²) in [6, 6.07) is 10.4. The molecule has 2 heterocycles. The van der Waals surface area contributed by atoms with Crippen LogP contribution in [-0.2, 0) is 12.6 Å². The van der Waals surface area contributed by atoms with Crippen molar-refractivity contribution in [1.29, 1.82) is 0 Å². The lowest BCUT2D eigenvalue weighted by molar-refractivity contribution is -0.137. The third kappa shape index (κ3) is 3.70. The maximum absolute atomic E-state index is 13.7. The number of nitrogens with zero attached hydrogens (tertiary/aromatic N) is 1. The van der Waals surface area contributed by atoms with Gasteiger partial charge in [-0.3, -0.25) is 0 Å². The molecule has 1 N–H and O–H groups in total. The summed E-state index contributed by atoms with van der Waals surface area (Å²) >= 11 is 0. The van der Waals surface area contributed by atoms with Crippen LogP contribution in [0, 0.1) is 0 Å². The molecular weight excluding hydrogens is 365 g/mol. The molecule has 4 rings (SSSR count). The van der Waals surface area contributed by atoms with E-state index >= 15 is 0 Å². The van der Waals surface area contributed by atoms with Gasteiger partial charge in [0.1, 0.15) is 5.75 Å². The van der Waals surface area contributed by atoms with Crippen molar-refractivity contribution < 1.29 is 17.9 Å². The molecule has 0 aromatic heterocycles. The fourth-order valence-corrected chi connectivity index (χ4v) is 4.27.